The number of amides is 2. The van der Waals surface area contributed by atoms with Crippen LogP contribution in [0.4, 0.5) is 10.1 Å². The second-order valence-electron chi connectivity index (χ2n) is 5.03. The van der Waals surface area contributed by atoms with E-state index in [4.69, 9.17) is 5.11 Å². The number of thioether (sulfide) groups is 1. The van der Waals surface area contributed by atoms with Crippen LogP contribution in [0.25, 0.3) is 0 Å². The minimum atomic E-state index is -1.35. The normalized spacial score (nSPS) is 10.9. The van der Waals surface area contributed by atoms with Gasteiger partial charge in [-0.25, -0.2) is 9.18 Å². The van der Waals surface area contributed by atoms with Crippen molar-refractivity contribution in [1.82, 2.24) is 5.32 Å². The molecule has 8 heteroatoms. The van der Waals surface area contributed by atoms with Gasteiger partial charge in [0.25, 0.3) is 0 Å². The van der Waals surface area contributed by atoms with Gasteiger partial charge in [0.15, 0.2) is 0 Å². The smallest absolute Gasteiger partial charge is 0.328 e. The fraction of sp³-hybridized carbons (Fsp3) is 0.357. The summed E-state index contributed by atoms with van der Waals surface area (Å²) in [6.45, 7) is 2.75. The first-order valence-corrected chi connectivity index (χ1v) is 7.54. The Bertz CT molecular complexity index is 560. The number of anilines is 1. The lowest BCUT2D eigenvalue weighted by Gasteiger charge is -2.20. The van der Waals surface area contributed by atoms with Crippen LogP contribution >= 0.6 is 11.8 Å². The zero-order valence-corrected chi connectivity index (χ0v) is 13.0. The number of rotatable bonds is 7. The highest BCUT2D eigenvalue weighted by Crippen LogP contribution is 2.10. The Morgan fingerprint density at radius 1 is 1.14 bits per heavy atom. The van der Waals surface area contributed by atoms with E-state index in [-0.39, 0.29) is 17.4 Å². The number of hydrogen-bond donors (Lipinski definition) is 3. The summed E-state index contributed by atoms with van der Waals surface area (Å²) in [6, 6.07) is 5.31. The number of hydrogen-bond acceptors (Lipinski definition) is 4. The molecule has 0 aliphatic carbocycles. The molecule has 1 rings (SSSR count). The minimum absolute atomic E-state index is 0.0261. The number of carboxylic acid groups (broad SMARTS) is 1. The molecule has 0 aliphatic heterocycles. The SMILES string of the molecule is CC(C)(NC(=O)CSCC(=O)Nc1ccc(F)cc1)C(=O)O. The van der Waals surface area contributed by atoms with Crippen LogP contribution in [0.2, 0.25) is 0 Å². The molecule has 0 saturated carbocycles. The molecule has 0 saturated heterocycles. The van der Waals surface area contributed by atoms with Gasteiger partial charge in [0.1, 0.15) is 11.4 Å². The highest BCUT2D eigenvalue weighted by atomic mass is 32.2. The van der Waals surface area contributed by atoms with Crippen LogP contribution in [0, 0.1) is 5.82 Å². The molecule has 0 aromatic heterocycles. The number of carbonyl (C=O) groups is 3. The maximum Gasteiger partial charge on any atom is 0.328 e. The second-order valence-corrected chi connectivity index (χ2v) is 6.01. The number of carboxylic acids is 1. The monoisotopic (exact) mass is 328 g/mol. The topological polar surface area (TPSA) is 95.5 Å². The molecular formula is C14H17FN2O4S. The number of aliphatic carboxylic acids is 1. The second kappa shape index (κ2) is 7.79. The average Bonchev–Trinajstić information content (AvgIpc) is 2.40. The van der Waals surface area contributed by atoms with E-state index in [1.54, 1.807) is 0 Å². The lowest BCUT2D eigenvalue weighted by Crippen LogP contribution is -2.50. The summed E-state index contributed by atoms with van der Waals surface area (Å²) >= 11 is 1.05. The third-order valence-corrected chi connectivity index (χ3v) is 3.51. The Labute approximate surface area is 131 Å². The number of benzene rings is 1. The van der Waals surface area contributed by atoms with E-state index in [0.717, 1.165) is 11.8 Å². The summed E-state index contributed by atoms with van der Waals surface area (Å²) in [5, 5.41) is 13.8. The third kappa shape index (κ3) is 6.13. The van der Waals surface area contributed by atoms with Crippen LogP contribution in [0.15, 0.2) is 24.3 Å². The van der Waals surface area contributed by atoms with Crippen molar-refractivity contribution in [2.24, 2.45) is 0 Å². The molecule has 0 radical (unpaired) electrons. The lowest BCUT2D eigenvalue weighted by atomic mass is 10.1. The van der Waals surface area contributed by atoms with E-state index in [9.17, 15) is 18.8 Å². The predicted octanol–water partition coefficient (Wildman–Crippen LogP) is 1.48. The summed E-state index contributed by atoms with van der Waals surface area (Å²) in [6.07, 6.45) is 0. The van der Waals surface area contributed by atoms with Crippen molar-refractivity contribution in [1.29, 1.82) is 0 Å². The Kier molecular flexibility index (Phi) is 6.36. The number of carbonyl (C=O) groups excluding carboxylic acids is 2. The molecule has 0 heterocycles. The Hall–Kier alpha value is -2.09. The molecule has 2 amide bonds. The molecule has 0 spiro atoms. The van der Waals surface area contributed by atoms with Gasteiger partial charge in [-0.15, -0.1) is 11.8 Å². The van der Waals surface area contributed by atoms with Crippen molar-refractivity contribution >= 4 is 35.2 Å². The van der Waals surface area contributed by atoms with E-state index >= 15 is 0 Å². The zero-order valence-electron chi connectivity index (χ0n) is 12.2. The lowest BCUT2D eigenvalue weighted by molar-refractivity contribution is -0.145. The molecule has 0 fully saturated rings. The molecule has 6 nitrogen and oxygen atoms in total. The minimum Gasteiger partial charge on any atom is -0.480 e. The van der Waals surface area contributed by atoms with Crippen LogP contribution < -0.4 is 10.6 Å². The molecule has 3 N–H and O–H groups in total. The molecule has 0 unspecified atom stereocenters. The standard InChI is InChI=1S/C14H17FN2O4S/c1-14(2,13(20)21)17-12(19)8-22-7-11(18)16-10-5-3-9(15)4-6-10/h3-6H,7-8H2,1-2H3,(H,16,18)(H,17,19)(H,20,21). The third-order valence-electron chi connectivity index (χ3n) is 2.58. The van der Waals surface area contributed by atoms with Crippen molar-refractivity contribution in [3.05, 3.63) is 30.1 Å². The highest BCUT2D eigenvalue weighted by molar-refractivity contribution is 8.00. The Morgan fingerprint density at radius 2 is 1.68 bits per heavy atom. The first kappa shape index (κ1) is 18.0. The van der Waals surface area contributed by atoms with Crippen LogP contribution in [0.5, 0.6) is 0 Å². The van der Waals surface area contributed by atoms with Gasteiger partial charge in [-0.3, -0.25) is 9.59 Å². The largest absolute Gasteiger partial charge is 0.480 e. The van der Waals surface area contributed by atoms with Crippen LogP contribution in [0.1, 0.15) is 13.8 Å². The molecule has 22 heavy (non-hydrogen) atoms. The van der Waals surface area contributed by atoms with Crippen LogP contribution in [0.3, 0.4) is 0 Å². The summed E-state index contributed by atoms with van der Waals surface area (Å²) in [5.74, 6) is -2.34. The van der Waals surface area contributed by atoms with Crippen molar-refractivity contribution in [2.75, 3.05) is 16.8 Å². The van der Waals surface area contributed by atoms with Gasteiger partial charge < -0.3 is 15.7 Å². The summed E-state index contributed by atoms with van der Waals surface area (Å²) in [4.78, 5) is 34.0. The van der Waals surface area contributed by atoms with Crippen molar-refractivity contribution in [3.8, 4) is 0 Å². The van der Waals surface area contributed by atoms with Gasteiger partial charge in [-0.05, 0) is 38.1 Å². The van der Waals surface area contributed by atoms with Gasteiger partial charge in [0.2, 0.25) is 11.8 Å². The van der Waals surface area contributed by atoms with E-state index < -0.39 is 23.2 Å². The van der Waals surface area contributed by atoms with Gasteiger partial charge in [-0.1, -0.05) is 0 Å². The van der Waals surface area contributed by atoms with E-state index in [0.29, 0.717) is 5.69 Å². The molecule has 0 aliphatic rings. The van der Waals surface area contributed by atoms with Crippen molar-refractivity contribution in [2.45, 2.75) is 19.4 Å². The first-order chi connectivity index (χ1) is 10.2. The van der Waals surface area contributed by atoms with Gasteiger partial charge in [0.05, 0.1) is 11.5 Å². The molecule has 1 aromatic rings. The molecular weight excluding hydrogens is 311 g/mol. The summed E-state index contributed by atoms with van der Waals surface area (Å²) in [5.41, 5.74) is -0.892. The van der Waals surface area contributed by atoms with Crippen LogP contribution in [-0.2, 0) is 14.4 Å². The molecule has 1 aromatic carbocycles. The molecule has 0 atom stereocenters. The average molecular weight is 328 g/mol. The molecule has 120 valence electrons. The first-order valence-electron chi connectivity index (χ1n) is 6.38. The number of nitrogens with one attached hydrogen (secondary N) is 2. The Morgan fingerprint density at radius 3 is 2.23 bits per heavy atom. The van der Waals surface area contributed by atoms with Crippen molar-refractivity contribution in [3.63, 3.8) is 0 Å². The summed E-state index contributed by atoms with van der Waals surface area (Å²) < 4.78 is 12.7. The van der Waals surface area contributed by atoms with Gasteiger partial charge in [-0.2, -0.15) is 0 Å². The quantitative estimate of drug-likeness (QED) is 0.704. The number of halogens is 1. The zero-order chi connectivity index (χ0) is 16.8. The maximum absolute atomic E-state index is 12.7. The maximum atomic E-state index is 12.7. The van der Waals surface area contributed by atoms with E-state index in [2.05, 4.69) is 10.6 Å². The Balaban J connectivity index is 2.31. The van der Waals surface area contributed by atoms with Gasteiger partial charge >= 0.3 is 5.97 Å². The predicted molar refractivity (Wildman–Crippen MR) is 82.2 cm³/mol. The van der Waals surface area contributed by atoms with Crippen LogP contribution in [-0.4, -0.2) is 39.9 Å². The summed E-state index contributed by atoms with van der Waals surface area (Å²) in [7, 11) is 0. The molecule has 0 bridgehead atoms. The van der Waals surface area contributed by atoms with E-state index in [1.165, 1.54) is 38.1 Å². The van der Waals surface area contributed by atoms with E-state index in [1.807, 2.05) is 0 Å². The highest BCUT2D eigenvalue weighted by Gasteiger charge is 2.28. The fourth-order valence-electron chi connectivity index (χ4n) is 1.40. The van der Waals surface area contributed by atoms with Gasteiger partial charge in [0, 0.05) is 5.69 Å². The van der Waals surface area contributed by atoms with Crippen molar-refractivity contribution < 1.29 is 23.9 Å². The fourth-order valence-corrected chi connectivity index (χ4v) is 2.02.